The SMILES string of the molecule is COc1ccc(S(=O)(=O)NCc2ccc(Cl)cc2Cl)cc1NC(C)=O. The van der Waals surface area contributed by atoms with E-state index >= 15 is 0 Å². The van der Waals surface area contributed by atoms with Gasteiger partial charge < -0.3 is 10.1 Å². The second kappa shape index (κ2) is 8.05. The molecule has 2 aromatic rings. The van der Waals surface area contributed by atoms with E-state index in [1.165, 1.54) is 38.3 Å². The summed E-state index contributed by atoms with van der Waals surface area (Å²) in [7, 11) is -2.39. The Balaban J connectivity index is 2.25. The molecule has 2 rings (SSSR count). The Morgan fingerprint density at radius 2 is 1.88 bits per heavy atom. The number of ether oxygens (including phenoxy) is 1. The van der Waals surface area contributed by atoms with E-state index in [-0.39, 0.29) is 23.0 Å². The van der Waals surface area contributed by atoms with Gasteiger partial charge in [0.15, 0.2) is 0 Å². The lowest BCUT2D eigenvalue weighted by Gasteiger charge is -2.12. The van der Waals surface area contributed by atoms with Gasteiger partial charge in [0, 0.05) is 23.5 Å². The Morgan fingerprint density at radius 1 is 1.16 bits per heavy atom. The molecule has 0 atom stereocenters. The zero-order valence-corrected chi connectivity index (χ0v) is 15.8. The number of anilines is 1. The van der Waals surface area contributed by atoms with E-state index < -0.39 is 10.0 Å². The van der Waals surface area contributed by atoms with Crippen LogP contribution in [-0.2, 0) is 21.4 Å². The van der Waals surface area contributed by atoms with Gasteiger partial charge in [0.25, 0.3) is 0 Å². The quantitative estimate of drug-likeness (QED) is 0.774. The fourth-order valence-electron chi connectivity index (χ4n) is 2.06. The van der Waals surface area contributed by atoms with Crippen LogP contribution in [0.15, 0.2) is 41.3 Å². The van der Waals surface area contributed by atoms with E-state index in [0.29, 0.717) is 21.4 Å². The van der Waals surface area contributed by atoms with Gasteiger partial charge in [0.2, 0.25) is 15.9 Å². The molecule has 9 heteroatoms. The summed E-state index contributed by atoms with van der Waals surface area (Å²) in [5.74, 6) is 0.0173. The molecule has 0 heterocycles. The molecule has 0 spiro atoms. The predicted octanol–water partition coefficient (Wildman–Crippen LogP) is 3.44. The predicted molar refractivity (Wildman–Crippen MR) is 97.8 cm³/mol. The average molecular weight is 403 g/mol. The summed E-state index contributed by atoms with van der Waals surface area (Å²) >= 11 is 11.9. The first-order chi connectivity index (χ1) is 11.7. The minimum atomic E-state index is -3.82. The zero-order valence-electron chi connectivity index (χ0n) is 13.5. The number of benzene rings is 2. The molecular weight excluding hydrogens is 387 g/mol. The summed E-state index contributed by atoms with van der Waals surface area (Å²) in [6.45, 7) is 1.32. The fourth-order valence-corrected chi connectivity index (χ4v) is 3.57. The lowest BCUT2D eigenvalue weighted by atomic mass is 10.2. The number of hydrogen-bond acceptors (Lipinski definition) is 4. The van der Waals surface area contributed by atoms with E-state index in [1.54, 1.807) is 12.1 Å². The summed E-state index contributed by atoms with van der Waals surface area (Å²) in [6, 6.07) is 8.98. The second-order valence-electron chi connectivity index (χ2n) is 5.10. The summed E-state index contributed by atoms with van der Waals surface area (Å²) in [5.41, 5.74) is 0.854. The number of rotatable bonds is 6. The molecule has 0 unspecified atom stereocenters. The molecule has 0 fully saturated rings. The molecule has 2 N–H and O–H groups in total. The maximum Gasteiger partial charge on any atom is 0.240 e. The Labute approximate surface area is 156 Å². The minimum Gasteiger partial charge on any atom is -0.495 e. The van der Waals surface area contributed by atoms with Crippen LogP contribution < -0.4 is 14.8 Å². The molecule has 0 aromatic heterocycles. The van der Waals surface area contributed by atoms with Gasteiger partial charge in [0.05, 0.1) is 17.7 Å². The van der Waals surface area contributed by atoms with E-state index in [0.717, 1.165) is 0 Å². The third-order valence-corrected chi connectivity index (χ3v) is 5.25. The maximum absolute atomic E-state index is 12.5. The van der Waals surface area contributed by atoms with Crippen LogP contribution in [0.4, 0.5) is 5.69 Å². The normalized spacial score (nSPS) is 11.2. The van der Waals surface area contributed by atoms with Gasteiger partial charge in [-0.05, 0) is 35.9 Å². The van der Waals surface area contributed by atoms with E-state index in [1.807, 2.05) is 0 Å². The summed E-state index contributed by atoms with van der Waals surface area (Å²) in [6.07, 6.45) is 0. The summed E-state index contributed by atoms with van der Waals surface area (Å²) in [4.78, 5) is 11.2. The number of amides is 1. The van der Waals surface area contributed by atoms with Crippen LogP contribution in [0.25, 0.3) is 0 Å². The van der Waals surface area contributed by atoms with Crippen molar-refractivity contribution in [1.29, 1.82) is 0 Å². The van der Waals surface area contributed by atoms with Gasteiger partial charge in [-0.2, -0.15) is 0 Å². The largest absolute Gasteiger partial charge is 0.495 e. The molecule has 0 bridgehead atoms. The van der Waals surface area contributed by atoms with Crippen molar-refractivity contribution < 1.29 is 17.9 Å². The van der Waals surface area contributed by atoms with Crippen molar-refractivity contribution in [3.63, 3.8) is 0 Å². The second-order valence-corrected chi connectivity index (χ2v) is 7.71. The molecule has 0 saturated heterocycles. The standard InChI is InChI=1S/C16H16Cl2N2O4S/c1-10(21)20-15-8-13(5-6-16(15)24-2)25(22,23)19-9-11-3-4-12(17)7-14(11)18/h3-8,19H,9H2,1-2H3,(H,20,21). The number of sulfonamides is 1. The number of carbonyl (C=O) groups excluding carboxylic acids is 1. The Morgan fingerprint density at radius 3 is 2.48 bits per heavy atom. The fraction of sp³-hybridized carbons (Fsp3) is 0.188. The van der Waals surface area contributed by atoms with Crippen molar-refractivity contribution in [1.82, 2.24) is 4.72 Å². The highest BCUT2D eigenvalue weighted by Crippen LogP contribution is 2.28. The smallest absolute Gasteiger partial charge is 0.240 e. The van der Waals surface area contributed by atoms with Gasteiger partial charge in [-0.15, -0.1) is 0 Å². The molecule has 2 aromatic carbocycles. The average Bonchev–Trinajstić information content (AvgIpc) is 2.53. The molecule has 0 aliphatic carbocycles. The van der Waals surface area contributed by atoms with Gasteiger partial charge in [-0.1, -0.05) is 29.3 Å². The summed E-state index contributed by atoms with van der Waals surface area (Å²) < 4.78 is 32.5. The van der Waals surface area contributed by atoms with Crippen LogP contribution in [0, 0.1) is 0 Å². The number of halogens is 2. The van der Waals surface area contributed by atoms with Crippen LogP contribution in [0.3, 0.4) is 0 Å². The Kier molecular flexibility index (Phi) is 6.29. The van der Waals surface area contributed by atoms with Crippen molar-refractivity contribution in [2.24, 2.45) is 0 Å². The molecular formula is C16H16Cl2N2O4S. The minimum absolute atomic E-state index is 0.000164. The Bertz CT molecular complexity index is 901. The third kappa shape index (κ3) is 5.09. The van der Waals surface area contributed by atoms with Crippen LogP contribution in [-0.4, -0.2) is 21.4 Å². The first-order valence-electron chi connectivity index (χ1n) is 7.12. The van der Waals surface area contributed by atoms with Crippen molar-refractivity contribution in [2.45, 2.75) is 18.4 Å². The first kappa shape index (κ1) is 19.5. The van der Waals surface area contributed by atoms with Crippen LogP contribution in [0.2, 0.25) is 10.0 Å². The van der Waals surface area contributed by atoms with E-state index in [9.17, 15) is 13.2 Å². The molecule has 6 nitrogen and oxygen atoms in total. The third-order valence-electron chi connectivity index (χ3n) is 3.26. The zero-order chi connectivity index (χ0) is 18.6. The van der Waals surface area contributed by atoms with Gasteiger partial charge >= 0.3 is 0 Å². The van der Waals surface area contributed by atoms with Crippen molar-refractivity contribution in [2.75, 3.05) is 12.4 Å². The van der Waals surface area contributed by atoms with Crippen LogP contribution in [0.5, 0.6) is 5.75 Å². The van der Waals surface area contributed by atoms with Crippen LogP contribution in [0.1, 0.15) is 12.5 Å². The number of methoxy groups -OCH3 is 1. The highest BCUT2D eigenvalue weighted by Gasteiger charge is 2.17. The van der Waals surface area contributed by atoms with Gasteiger partial charge in [-0.25, -0.2) is 13.1 Å². The molecule has 0 aliphatic heterocycles. The molecule has 134 valence electrons. The van der Waals surface area contributed by atoms with Gasteiger partial charge in [-0.3, -0.25) is 4.79 Å². The summed E-state index contributed by atoms with van der Waals surface area (Å²) in [5, 5.41) is 3.36. The van der Waals surface area contributed by atoms with Crippen molar-refractivity contribution >= 4 is 44.8 Å². The van der Waals surface area contributed by atoms with E-state index in [2.05, 4.69) is 10.0 Å². The molecule has 0 radical (unpaired) electrons. The molecule has 0 aliphatic rings. The number of carbonyl (C=O) groups is 1. The number of nitrogens with one attached hydrogen (secondary N) is 2. The van der Waals surface area contributed by atoms with Crippen molar-refractivity contribution in [3.05, 3.63) is 52.0 Å². The van der Waals surface area contributed by atoms with E-state index in [4.69, 9.17) is 27.9 Å². The first-order valence-corrected chi connectivity index (χ1v) is 9.36. The molecule has 1 amide bonds. The van der Waals surface area contributed by atoms with Crippen molar-refractivity contribution in [3.8, 4) is 5.75 Å². The molecule has 25 heavy (non-hydrogen) atoms. The maximum atomic E-state index is 12.5. The topological polar surface area (TPSA) is 84.5 Å². The van der Waals surface area contributed by atoms with Gasteiger partial charge in [0.1, 0.15) is 5.75 Å². The van der Waals surface area contributed by atoms with Crippen LogP contribution >= 0.6 is 23.2 Å². The highest BCUT2D eigenvalue weighted by atomic mass is 35.5. The lowest BCUT2D eigenvalue weighted by molar-refractivity contribution is -0.114. The lowest BCUT2D eigenvalue weighted by Crippen LogP contribution is -2.23. The monoisotopic (exact) mass is 402 g/mol. The highest BCUT2D eigenvalue weighted by molar-refractivity contribution is 7.89. The molecule has 0 saturated carbocycles. The Hall–Kier alpha value is -1.80. The number of hydrogen-bond donors (Lipinski definition) is 2.